The summed E-state index contributed by atoms with van der Waals surface area (Å²) in [7, 11) is 0. The van der Waals surface area contributed by atoms with Crippen molar-refractivity contribution < 1.29 is 9.32 Å². The number of benzene rings is 1. The normalized spacial score (nSPS) is 12.2. The molecule has 0 radical (unpaired) electrons. The first-order valence-corrected chi connectivity index (χ1v) is 9.68. The molecule has 1 N–H and O–H groups in total. The molecule has 3 heterocycles. The van der Waals surface area contributed by atoms with E-state index < -0.39 is 0 Å². The van der Waals surface area contributed by atoms with Gasteiger partial charge >= 0.3 is 0 Å². The van der Waals surface area contributed by atoms with E-state index in [1.54, 1.807) is 23.9 Å². The van der Waals surface area contributed by atoms with E-state index in [2.05, 4.69) is 25.5 Å². The van der Waals surface area contributed by atoms with Gasteiger partial charge in [0.2, 0.25) is 5.91 Å². The second-order valence-corrected chi connectivity index (χ2v) is 7.33. The SMILES string of the molecule is CCC(Sc1ncnc2c1cnn2-c1ccccc1)C(=O)Nc1cc(C)on1. The number of nitrogens with one attached hydrogen (secondary N) is 1. The molecule has 0 aliphatic carbocycles. The van der Waals surface area contributed by atoms with Gasteiger partial charge in [0.05, 0.1) is 22.5 Å². The minimum atomic E-state index is -0.338. The number of aryl methyl sites for hydroxylation is 1. The molecule has 1 amide bonds. The summed E-state index contributed by atoms with van der Waals surface area (Å²) in [6.07, 6.45) is 3.86. The lowest BCUT2D eigenvalue weighted by atomic mass is 10.3. The number of anilines is 1. The highest BCUT2D eigenvalue weighted by Crippen LogP contribution is 2.30. The van der Waals surface area contributed by atoms with Crippen molar-refractivity contribution in [1.29, 1.82) is 0 Å². The van der Waals surface area contributed by atoms with Gasteiger partial charge in [0.15, 0.2) is 11.5 Å². The van der Waals surface area contributed by atoms with Crippen molar-refractivity contribution in [1.82, 2.24) is 24.9 Å². The molecule has 9 heteroatoms. The first-order chi connectivity index (χ1) is 13.7. The molecule has 0 saturated heterocycles. The number of hydrogen-bond donors (Lipinski definition) is 1. The number of thioether (sulfide) groups is 1. The lowest BCUT2D eigenvalue weighted by Crippen LogP contribution is -2.24. The van der Waals surface area contributed by atoms with Crippen molar-refractivity contribution in [2.75, 3.05) is 5.32 Å². The van der Waals surface area contributed by atoms with E-state index in [-0.39, 0.29) is 11.2 Å². The van der Waals surface area contributed by atoms with E-state index >= 15 is 0 Å². The summed E-state index contributed by atoms with van der Waals surface area (Å²) in [6.45, 7) is 3.73. The second-order valence-electron chi connectivity index (χ2n) is 6.13. The number of carbonyl (C=O) groups excluding carboxylic acids is 1. The summed E-state index contributed by atoms with van der Waals surface area (Å²) in [4.78, 5) is 21.4. The van der Waals surface area contributed by atoms with Gasteiger partial charge in [-0.2, -0.15) is 5.10 Å². The fraction of sp³-hybridized carbons (Fsp3) is 0.211. The van der Waals surface area contributed by atoms with Crippen LogP contribution in [0.1, 0.15) is 19.1 Å². The zero-order valence-corrected chi connectivity index (χ0v) is 16.2. The third-order valence-corrected chi connectivity index (χ3v) is 5.51. The third-order valence-electron chi connectivity index (χ3n) is 4.13. The molecule has 4 aromatic rings. The van der Waals surface area contributed by atoms with E-state index in [0.717, 1.165) is 11.1 Å². The van der Waals surface area contributed by atoms with Crippen molar-refractivity contribution >= 4 is 34.5 Å². The highest BCUT2D eigenvalue weighted by molar-refractivity contribution is 8.00. The Bertz CT molecular complexity index is 1110. The zero-order chi connectivity index (χ0) is 19.5. The Morgan fingerprint density at radius 3 is 2.82 bits per heavy atom. The van der Waals surface area contributed by atoms with Crippen molar-refractivity contribution in [2.45, 2.75) is 30.5 Å². The van der Waals surface area contributed by atoms with Crippen LogP contribution in [0.4, 0.5) is 5.82 Å². The molecule has 3 aromatic heterocycles. The summed E-state index contributed by atoms with van der Waals surface area (Å²) < 4.78 is 6.76. The molecule has 0 aliphatic rings. The van der Waals surface area contributed by atoms with Crippen LogP contribution in [0.5, 0.6) is 0 Å². The summed E-state index contributed by atoms with van der Waals surface area (Å²) in [6, 6.07) is 11.5. The van der Waals surface area contributed by atoms with E-state index in [9.17, 15) is 4.79 Å². The van der Waals surface area contributed by atoms with Crippen LogP contribution < -0.4 is 5.32 Å². The molecule has 8 nitrogen and oxygen atoms in total. The van der Waals surface area contributed by atoms with Gasteiger partial charge in [0.25, 0.3) is 0 Å². The number of aromatic nitrogens is 5. The molecule has 4 rings (SSSR count). The fourth-order valence-electron chi connectivity index (χ4n) is 2.76. The number of para-hydroxylation sites is 1. The summed E-state index contributed by atoms with van der Waals surface area (Å²) in [5, 5.41) is 12.2. The first-order valence-electron chi connectivity index (χ1n) is 8.80. The van der Waals surface area contributed by atoms with Gasteiger partial charge in [0, 0.05) is 6.07 Å². The van der Waals surface area contributed by atoms with Gasteiger partial charge < -0.3 is 9.84 Å². The Morgan fingerprint density at radius 1 is 1.29 bits per heavy atom. The van der Waals surface area contributed by atoms with Gasteiger partial charge in [-0.25, -0.2) is 14.6 Å². The maximum atomic E-state index is 12.6. The fourth-order valence-corrected chi connectivity index (χ4v) is 3.74. The Labute approximate surface area is 165 Å². The standard InChI is InChI=1S/C19H18N6O2S/c1-3-15(18(26)23-16-9-12(2)27-24-16)28-19-14-10-22-25(17(14)20-11-21-19)13-7-5-4-6-8-13/h4-11,15H,3H2,1-2H3,(H,23,24,26). The van der Waals surface area contributed by atoms with Crippen LogP contribution in [0, 0.1) is 6.92 Å². The molecular formula is C19H18N6O2S. The lowest BCUT2D eigenvalue weighted by molar-refractivity contribution is -0.115. The molecule has 142 valence electrons. The summed E-state index contributed by atoms with van der Waals surface area (Å²) >= 11 is 1.39. The molecule has 0 saturated carbocycles. The second kappa shape index (κ2) is 7.81. The summed E-state index contributed by atoms with van der Waals surface area (Å²) in [5.74, 6) is 0.899. The Kier molecular flexibility index (Phi) is 5.07. The number of rotatable bonds is 6. The van der Waals surface area contributed by atoms with Crippen LogP contribution in [0.3, 0.4) is 0 Å². The summed E-state index contributed by atoms with van der Waals surface area (Å²) in [5.41, 5.74) is 1.62. The first kappa shape index (κ1) is 18.2. The minimum absolute atomic E-state index is 0.150. The van der Waals surface area contributed by atoms with Crippen LogP contribution in [0.15, 0.2) is 58.5 Å². The van der Waals surface area contributed by atoms with Crippen molar-refractivity contribution in [3.8, 4) is 5.69 Å². The molecule has 0 aliphatic heterocycles. The molecule has 1 unspecified atom stereocenters. The number of amides is 1. The minimum Gasteiger partial charge on any atom is -0.360 e. The van der Waals surface area contributed by atoms with E-state index in [0.29, 0.717) is 28.7 Å². The molecule has 1 aromatic carbocycles. The molecule has 1 atom stereocenters. The number of hydrogen-bond acceptors (Lipinski definition) is 7. The molecule has 28 heavy (non-hydrogen) atoms. The maximum absolute atomic E-state index is 12.6. The Hall–Kier alpha value is -3.20. The van der Waals surface area contributed by atoms with E-state index in [4.69, 9.17) is 4.52 Å². The highest BCUT2D eigenvalue weighted by atomic mass is 32.2. The predicted octanol–water partition coefficient (Wildman–Crippen LogP) is 3.62. The lowest BCUT2D eigenvalue weighted by Gasteiger charge is -2.13. The molecule has 0 bridgehead atoms. The average molecular weight is 394 g/mol. The zero-order valence-electron chi connectivity index (χ0n) is 15.4. The van der Waals surface area contributed by atoms with Crippen molar-refractivity contribution in [2.24, 2.45) is 0 Å². The van der Waals surface area contributed by atoms with Gasteiger partial charge in [0.1, 0.15) is 17.1 Å². The van der Waals surface area contributed by atoms with Crippen LogP contribution >= 0.6 is 11.8 Å². The third kappa shape index (κ3) is 3.61. The quantitative estimate of drug-likeness (QED) is 0.394. The molecular weight excluding hydrogens is 376 g/mol. The largest absolute Gasteiger partial charge is 0.360 e. The van der Waals surface area contributed by atoms with Crippen molar-refractivity contribution in [3.05, 3.63) is 54.7 Å². The number of carbonyl (C=O) groups is 1. The van der Waals surface area contributed by atoms with Gasteiger partial charge in [-0.3, -0.25) is 4.79 Å². The topological polar surface area (TPSA) is 98.7 Å². The van der Waals surface area contributed by atoms with Crippen molar-refractivity contribution in [3.63, 3.8) is 0 Å². The Morgan fingerprint density at radius 2 is 2.11 bits per heavy atom. The smallest absolute Gasteiger partial charge is 0.239 e. The van der Waals surface area contributed by atoms with Crippen LogP contribution in [-0.2, 0) is 4.79 Å². The molecule has 0 spiro atoms. The monoisotopic (exact) mass is 394 g/mol. The van der Waals surface area contributed by atoms with Crippen LogP contribution in [-0.4, -0.2) is 36.1 Å². The Balaban J connectivity index is 1.60. The van der Waals surface area contributed by atoms with Gasteiger partial charge in [-0.1, -0.05) is 42.0 Å². The van der Waals surface area contributed by atoms with Gasteiger partial charge in [-0.05, 0) is 25.5 Å². The highest BCUT2D eigenvalue weighted by Gasteiger charge is 2.22. The predicted molar refractivity (Wildman–Crippen MR) is 106 cm³/mol. The number of nitrogens with zero attached hydrogens (tertiary/aromatic N) is 5. The van der Waals surface area contributed by atoms with E-state index in [1.807, 2.05) is 37.3 Å². The molecule has 0 fully saturated rings. The maximum Gasteiger partial charge on any atom is 0.239 e. The number of fused-ring (bicyclic) bond motifs is 1. The van der Waals surface area contributed by atoms with E-state index in [1.165, 1.54) is 18.1 Å². The van der Waals surface area contributed by atoms with Gasteiger partial charge in [-0.15, -0.1) is 0 Å². The van der Waals surface area contributed by atoms with Crippen LogP contribution in [0.2, 0.25) is 0 Å². The van der Waals surface area contributed by atoms with Crippen LogP contribution in [0.25, 0.3) is 16.7 Å². The average Bonchev–Trinajstić information content (AvgIpc) is 3.33.